The molecule has 0 saturated heterocycles. The summed E-state index contributed by atoms with van der Waals surface area (Å²) in [4.78, 5) is 2.01. The SMILES string of the molecule is CNCc1ccc(N(C)C(C)CO)cc1Cl. The lowest BCUT2D eigenvalue weighted by molar-refractivity contribution is 0.270. The summed E-state index contributed by atoms with van der Waals surface area (Å²) in [5, 5.41) is 12.9. The maximum atomic E-state index is 9.09. The largest absolute Gasteiger partial charge is 0.394 e. The van der Waals surface area contributed by atoms with Crippen molar-refractivity contribution in [2.45, 2.75) is 19.5 Å². The van der Waals surface area contributed by atoms with Crippen molar-refractivity contribution in [1.29, 1.82) is 0 Å². The number of likely N-dealkylation sites (N-methyl/N-ethyl adjacent to an activating group) is 1. The molecule has 0 fully saturated rings. The van der Waals surface area contributed by atoms with Gasteiger partial charge >= 0.3 is 0 Å². The molecule has 1 aromatic rings. The summed E-state index contributed by atoms with van der Waals surface area (Å²) in [6, 6.07) is 6.05. The Hall–Kier alpha value is -0.770. The summed E-state index contributed by atoms with van der Waals surface area (Å²) < 4.78 is 0. The van der Waals surface area contributed by atoms with Gasteiger partial charge in [0.05, 0.1) is 6.61 Å². The summed E-state index contributed by atoms with van der Waals surface area (Å²) in [5.74, 6) is 0. The monoisotopic (exact) mass is 242 g/mol. The van der Waals surface area contributed by atoms with Gasteiger partial charge in [-0.2, -0.15) is 0 Å². The van der Waals surface area contributed by atoms with Gasteiger partial charge in [0.1, 0.15) is 0 Å². The van der Waals surface area contributed by atoms with Crippen LogP contribution in [-0.2, 0) is 6.54 Å². The van der Waals surface area contributed by atoms with Crippen LogP contribution in [0.15, 0.2) is 18.2 Å². The Morgan fingerprint density at radius 3 is 2.69 bits per heavy atom. The number of aliphatic hydroxyl groups is 1. The number of halogens is 1. The molecule has 1 rings (SSSR count). The number of nitrogens with zero attached hydrogens (tertiary/aromatic N) is 1. The predicted octanol–water partition coefficient (Wildman–Crippen LogP) is 1.88. The Labute approximate surface area is 102 Å². The molecule has 0 aliphatic heterocycles. The smallest absolute Gasteiger partial charge is 0.0632 e. The molecule has 0 heterocycles. The van der Waals surface area contributed by atoms with Crippen molar-refractivity contribution in [1.82, 2.24) is 5.32 Å². The maximum Gasteiger partial charge on any atom is 0.0632 e. The number of nitrogens with one attached hydrogen (secondary N) is 1. The van der Waals surface area contributed by atoms with E-state index in [4.69, 9.17) is 16.7 Å². The molecule has 0 saturated carbocycles. The average Bonchev–Trinajstić information content (AvgIpc) is 2.30. The Morgan fingerprint density at radius 1 is 1.50 bits per heavy atom. The molecule has 0 amide bonds. The van der Waals surface area contributed by atoms with E-state index >= 15 is 0 Å². The Morgan fingerprint density at radius 2 is 2.19 bits per heavy atom. The molecular weight excluding hydrogens is 224 g/mol. The van der Waals surface area contributed by atoms with Gasteiger partial charge in [-0.05, 0) is 31.7 Å². The van der Waals surface area contributed by atoms with Gasteiger partial charge in [-0.15, -0.1) is 0 Å². The summed E-state index contributed by atoms with van der Waals surface area (Å²) in [5.41, 5.74) is 2.10. The van der Waals surface area contributed by atoms with E-state index < -0.39 is 0 Å². The topological polar surface area (TPSA) is 35.5 Å². The molecule has 1 aromatic carbocycles. The minimum atomic E-state index is 0.0891. The average molecular weight is 243 g/mol. The highest BCUT2D eigenvalue weighted by Crippen LogP contribution is 2.24. The number of benzene rings is 1. The van der Waals surface area contributed by atoms with Crippen LogP contribution in [0.2, 0.25) is 5.02 Å². The number of aliphatic hydroxyl groups excluding tert-OH is 1. The highest BCUT2D eigenvalue weighted by molar-refractivity contribution is 6.31. The Bertz CT molecular complexity index is 344. The van der Waals surface area contributed by atoms with E-state index in [0.717, 1.165) is 22.8 Å². The summed E-state index contributed by atoms with van der Waals surface area (Å²) in [7, 11) is 3.84. The zero-order chi connectivity index (χ0) is 12.1. The third kappa shape index (κ3) is 3.11. The molecule has 16 heavy (non-hydrogen) atoms. The third-order valence-electron chi connectivity index (χ3n) is 2.74. The fraction of sp³-hybridized carbons (Fsp3) is 0.500. The van der Waals surface area contributed by atoms with Gasteiger partial charge < -0.3 is 15.3 Å². The summed E-state index contributed by atoms with van der Waals surface area (Å²) in [6.07, 6.45) is 0. The van der Waals surface area contributed by atoms with Gasteiger partial charge in [-0.1, -0.05) is 17.7 Å². The number of hydrogen-bond acceptors (Lipinski definition) is 3. The van der Waals surface area contributed by atoms with Gasteiger partial charge in [-0.25, -0.2) is 0 Å². The molecule has 0 radical (unpaired) electrons. The standard InChI is InChI=1S/C12H19ClN2O/c1-9(8-16)15(3)11-5-4-10(7-14-2)12(13)6-11/h4-6,9,14,16H,7-8H2,1-3H3. The summed E-state index contributed by atoms with van der Waals surface area (Å²) >= 11 is 6.17. The van der Waals surface area contributed by atoms with Crippen molar-refractivity contribution in [3.63, 3.8) is 0 Å². The van der Waals surface area contributed by atoms with Crippen LogP contribution in [0.25, 0.3) is 0 Å². The minimum absolute atomic E-state index is 0.0891. The van der Waals surface area contributed by atoms with Crippen LogP contribution < -0.4 is 10.2 Å². The van der Waals surface area contributed by atoms with Crippen LogP contribution >= 0.6 is 11.6 Å². The van der Waals surface area contributed by atoms with Crippen molar-refractivity contribution < 1.29 is 5.11 Å². The summed E-state index contributed by atoms with van der Waals surface area (Å²) in [6.45, 7) is 2.86. The molecule has 1 atom stereocenters. The number of rotatable bonds is 5. The molecule has 0 aliphatic rings. The van der Waals surface area contributed by atoms with Crippen LogP contribution in [0, 0.1) is 0 Å². The van der Waals surface area contributed by atoms with Crippen LogP contribution in [0.3, 0.4) is 0 Å². The molecule has 4 heteroatoms. The lowest BCUT2D eigenvalue weighted by Crippen LogP contribution is -2.31. The lowest BCUT2D eigenvalue weighted by atomic mass is 10.1. The Kier molecular flexibility index (Phi) is 5.06. The van der Waals surface area contributed by atoms with Crippen LogP contribution in [0.5, 0.6) is 0 Å². The first-order valence-electron chi connectivity index (χ1n) is 5.36. The van der Waals surface area contributed by atoms with Crippen molar-refractivity contribution in [2.24, 2.45) is 0 Å². The second kappa shape index (κ2) is 6.09. The second-order valence-corrected chi connectivity index (χ2v) is 4.36. The van der Waals surface area contributed by atoms with E-state index in [0.29, 0.717) is 0 Å². The van der Waals surface area contributed by atoms with E-state index in [1.807, 2.05) is 44.1 Å². The second-order valence-electron chi connectivity index (χ2n) is 3.95. The van der Waals surface area contributed by atoms with Gasteiger partial charge in [0.2, 0.25) is 0 Å². The molecule has 1 unspecified atom stereocenters. The normalized spacial score (nSPS) is 12.6. The van der Waals surface area contributed by atoms with E-state index in [1.165, 1.54) is 0 Å². The lowest BCUT2D eigenvalue weighted by Gasteiger charge is -2.25. The third-order valence-corrected chi connectivity index (χ3v) is 3.09. The van der Waals surface area contributed by atoms with E-state index in [2.05, 4.69) is 5.32 Å². The molecule has 90 valence electrons. The molecule has 0 bridgehead atoms. The molecule has 3 nitrogen and oxygen atoms in total. The molecule has 0 aliphatic carbocycles. The van der Waals surface area contributed by atoms with E-state index in [9.17, 15) is 0 Å². The van der Waals surface area contributed by atoms with Crippen LogP contribution in [0.1, 0.15) is 12.5 Å². The first-order valence-corrected chi connectivity index (χ1v) is 5.74. The van der Waals surface area contributed by atoms with E-state index in [1.54, 1.807) is 0 Å². The van der Waals surface area contributed by atoms with Crippen molar-refractivity contribution in [3.05, 3.63) is 28.8 Å². The van der Waals surface area contributed by atoms with Crippen LogP contribution in [-0.4, -0.2) is 31.9 Å². The first-order chi connectivity index (χ1) is 7.60. The quantitative estimate of drug-likeness (QED) is 0.828. The predicted molar refractivity (Wildman–Crippen MR) is 69.2 cm³/mol. The first kappa shape index (κ1) is 13.3. The van der Waals surface area contributed by atoms with Crippen LogP contribution in [0.4, 0.5) is 5.69 Å². The fourth-order valence-corrected chi connectivity index (χ4v) is 1.71. The van der Waals surface area contributed by atoms with Gasteiger partial charge in [0, 0.05) is 30.3 Å². The highest BCUT2D eigenvalue weighted by Gasteiger charge is 2.10. The Balaban J connectivity index is 2.87. The zero-order valence-corrected chi connectivity index (χ0v) is 10.8. The molecular formula is C12H19ClN2O. The van der Waals surface area contributed by atoms with Crippen molar-refractivity contribution in [3.8, 4) is 0 Å². The molecule has 2 N–H and O–H groups in total. The molecule has 0 spiro atoms. The van der Waals surface area contributed by atoms with E-state index in [-0.39, 0.29) is 12.6 Å². The zero-order valence-electron chi connectivity index (χ0n) is 10.00. The number of anilines is 1. The maximum absolute atomic E-state index is 9.09. The minimum Gasteiger partial charge on any atom is -0.394 e. The fourth-order valence-electron chi connectivity index (χ4n) is 1.47. The van der Waals surface area contributed by atoms with Gasteiger partial charge in [0.25, 0.3) is 0 Å². The highest BCUT2D eigenvalue weighted by atomic mass is 35.5. The van der Waals surface area contributed by atoms with Crippen molar-refractivity contribution in [2.75, 3.05) is 25.6 Å². The van der Waals surface area contributed by atoms with Crippen molar-refractivity contribution >= 4 is 17.3 Å². The number of hydrogen-bond donors (Lipinski definition) is 2. The van der Waals surface area contributed by atoms with Gasteiger partial charge in [-0.3, -0.25) is 0 Å². The molecule has 0 aromatic heterocycles. The van der Waals surface area contributed by atoms with Gasteiger partial charge in [0.15, 0.2) is 0 Å².